The number of fused-ring (bicyclic) bond motifs is 3. The third-order valence-electron chi connectivity index (χ3n) is 13.5. The fourth-order valence-corrected chi connectivity index (χ4v) is 12.6. The van der Waals surface area contributed by atoms with Crippen molar-refractivity contribution in [2.24, 2.45) is 28.1 Å². The van der Waals surface area contributed by atoms with E-state index in [1.807, 2.05) is 39.0 Å². The van der Waals surface area contributed by atoms with Gasteiger partial charge in [-0.3, -0.25) is 9.59 Å². The summed E-state index contributed by atoms with van der Waals surface area (Å²) >= 11 is 0. The summed E-state index contributed by atoms with van der Waals surface area (Å²) in [5, 5.41) is 0. The maximum Gasteiger partial charge on any atom is 0.306 e. The standard InChI is InChI=1S/C35H52O10/c1-13-16-20(14-2)25(39-10)28(4,5)21-17-24(37)42-27-34(21)32(15-3)30(7)22(18-23(36)38-9)29(6)19-33(30,44-31(8,43-32)45-34)35(27,41-12)26(29)40-11/h13-14,16,21-22,25-27H,15,17-19H2,1-12H3/b16-13-,20-14+. The number of esters is 2. The van der Waals surface area contributed by atoms with Gasteiger partial charge in [0.25, 0.3) is 5.97 Å². The molecule has 0 aromatic rings. The Labute approximate surface area is 267 Å². The van der Waals surface area contributed by atoms with Crippen molar-refractivity contribution in [2.75, 3.05) is 28.4 Å². The van der Waals surface area contributed by atoms with Crippen LogP contribution in [0, 0.1) is 28.1 Å². The van der Waals surface area contributed by atoms with Gasteiger partial charge < -0.3 is 37.9 Å². The minimum Gasteiger partial charge on any atom is -0.469 e. The van der Waals surface area contributed by atoms with Crippen LogP contribution in [0.15, 0.2) is 23.8 Å². The second-order valence-electron chi connectivity index (χ2n) is 15.2. The maximum atomic E-state index is 14.0. The molecule has 12 unspecified atom stereocenters. The largest absolute Gasteiger partial charge is 0.469 e. The van der Waals surface area contributed by atoms with Crippen molar-refractivity contribution in [3.05, 3.63) is 23.8 Å². The van der Waals surface area contributed by atoms with Gasteiger partial charge in [-0.05, 0) is 38.2 Å². The van der Waals surface area contributed by atoms with Crippen LogP contribution < -0.4 is 0 Å². The van der Waals surface area contributed by atoms with Crippen LogP contribution in [-0.2, 0) is 47.5 Å². The van der Waals surface area contributed by atoms with Gasteiger partial charge >= 0.3 is 11.9 Å². The van der Waals surface area contributed by atoms with Gasteiger partial charge in [-0.2, -0.15) is 0 Å². The summed E-state index contributed by atoms with van der Waals surface area (Å²) < 4.78 is 53.1. The normalized spacial score (nSPS) is 50.2. The van der Waals surface area contributed by atoms with Crippen LogP contribution in [0.4, 0.5) is 0 Å². The Balaban J connectivity index is 1.72. The topological polar surface area (TPSA) is 108 Å². The highest BCUT2D eigenvalue weighted by Crippen LogP contribution is 2.89. The van der Waals surface area contributed by atoms with Gasteiger partial charge in [0.15, 0.2) is 11.7 Å². The molecule has 6 rings (SSSR count). The zero-order chi connectivity index (χ0) is 33.2. The molecule has 6 fully saturated rings. The Hall–Kier alpha value is -1.82. The molecule has 3 aliphatic heterocycles. The third-order valence-corrected chi connectivity index (χ3v) is 13.5. The molecule has 0 N–H and O–H groups in total. The van der Waals surface area contributed by atoms with E-state index < -0.39 is 68.9 Å². The number of rotatable bonds is 10. The Morgan fingerprint density at radius 3 is 2.31 bits per heavy atom. The minimum atomic E-state index is -1.48. The quantitative estimate of drug-likeness (QED) is 0.244. The lowest BCUT2D eigenvalue weighted by atomic mass is 9.35. The molecule has 2 spiro atoms. The molecule has 3 heterocycles. The molecule has 45 heavy (non-hydrogen) atoms. The minimum absolute atomic E-state index is 0.0663. The first kappa shape index (κ1) is 33.1. The van der Waals surface area contributed by atoms with Gasteiger partial charge in [-0.15, -0.1) is 0 Å². The maximum absolute atomic E-state index is 14.0. The van der Waals surface area contributed by atoms with E-state index in [4.69, 9.17) is 37.9 Å². The van der Waals surface area contributed by atoms with Crippen molar-refractivity contribution >= 4 is 11.9 Å². The second-order valence-corrected chi connectivity index (χ2v) is 15.2. The van der Waals surface area contributed by atoms with Gasteiger partial charge in [-0.25, -0.2) is 0 Å². The number of carbonyl (C=O) groups is 2. The van der Waals surface area contributed by atoms with Gasteiger partial charge in [0.05, 0.1) is 25.7 Å². The Kier molecular flexibility index (Phi) is 7.25. The molecule has 0 aromatic heterocycles. The molecular weight excluding hydrogens is 580 g/mol. The van der Waals surface area contributed by atoms with Crippen LogP contribution in [0.1, 0.15) is 81.1 Å². The molecule has 12 atom stereocenters. The van der Waals surface area contributed by atoms with Crippen LogP contribution in [-0.4, -0.2) is 87.1 Å². The lowest BCUT2D eigenvalue weighted by Gasteiger charge is -2.76. The van der Waals surface area contributed by atoms with E-state index in [9.17, 15) is 9.59 Å². The monoisotopic (exact) mass is 632 g/mol. The van der Waals surface area contributed by atoms with Crippen molar-refractivity contribution in [1.82, 2.24) is 0 Å². The second kappa shape index (κ2) is 9.86. The molecule has 4 bridgehead atoms. The molecule has 3 aliphatic carbocycles. The summed E-state index contributed by atoms with van der Waals surface area (Å²) in [5.41, 5.74) is -5.92. The molecule has 252 valence electrons. The first-order valence-electron chi connectivity index (χ1n) is 16.3. The van der Waals surface area contributed by atoms with Crippen molar-refractivity contribution in [3.63, 3.8) is 0 Å². The van der Waals surface area contributed by atoms with Crippen LogP contribution in [0.5, 0.6) is 0 Å². The van der Waals surface area contributed by atoms with E-state index in [-0.39, 0.29) is 30.7 Å². The van der Waals surface area contributed by atoms with Gasteiger partial charge in [0.2, 0.25) is 0 Å². The zero-order valence-corrected chi connectivity index (χ0v) is 29.0. The molecule has 6 aliphatic rings. The highest BCUT2D eigenvalue weighted by Gasteiger charge is 3.03. The van der Waals surface area contributed by atoms with Crippen LogP contribution >= 0.6 is 0 Å². The van der Waals surface area contributed by atoms with Crippen molar-refractivity contribution in [1.29, 1.82) is 0 Å². The summed E-state index contributed by atoms with van der Waals surface area (Å²) in [7, 11) is 6.42. The Morgan fingerprint density at radius 1 is 1.09 bits per heavy atom. The lowest BCUT2D eigenvalue weighted by Crippen LogP contribution is -2.93. The SMILES string of the molecule is C/C=C\C(=C/C)C(OC)C(C)(C)C1CC(=O)OC2C13OC1(C)OC3(CC)C3(C)C(CC(=O)OC)C4(C)CC3(O1)C2(OC)C4OC. The van der Waals surface area contributed by atoms with E-state index in [1.165, 1.54) is 7.11 Å². The molecule has 0 amide bonds. The first-order valence-corrected chi connectivity index (χ1v) is 16.3. The summed E-state index contributed by atoms with van der Waals surface area (Å²) in [5.74, 6) is -2.94. The van der Waals surface area contributed by atoms with Gasteiger partial charge in [0.1, 0.15) is 16.8 Å². The zero-order valence-electron chi connectivity index (χ0n) is 29.0. The summed E-state index contributed by atoms with van der Waals surface area (Å²) in [4.78, 5) is 27.2. The van der Waals surface area contributed by atoms with Crippen LogP contribution in [0.3, 0.4) is 0 Å². The number of hydrogen-bond donors (Lipinski definition) is 0. The fraction of sp³-hybridized carbons (Fsp3) is 0.829. The number of methoxy groups -OCH3 is 4. The smallest absolute Gasteiger partial charge is 0.306 e. The van der Waals surface area contributed by atoms with E-state index >= 15 is 0 Å². The van der Waals surface area contributed by atoms with Gasteiger partial charge in [-0.1, -0.05) is 52.8 Å². The predicted octanol–water partition coefficient (Wildman–Crippen LogP) is 4.88. The number of hydrogen-bond acceptors (Lipinski definition) is 10. The van der Waals surface area contributed by atoms with E-state index in [0.717, 1.165) is 5.57 Å². The number of allylic oxidation sites excluding steroid dienone is 2. The highest BCUT2D eigenvalue weighted by molar-refractivity contribution is 5.74. The first-order chi connectivity index (χ1) is 21.1. The Bertz CT molecular complexity index is 1340. The molecule has 0 radical (unpaired) electrons. The lowest BCUT2D eigenvalue weighted by molar-refractivity contribution is -0.478. The van der Waals surface area contributed by atoms with E-state index in [1.54, 1.807) is 21.3 Å². The molecule has 10 nitrogen and oxygen atoms in total. The molecule has 3 saturated heterocycles. The van der Waals surface area contributed by atoms with Crippen LogP contribution in [0.25, 0.3) is 0 Å². The fourth-order valence-electron chi connectivity index (χ4n) is 12.6. The molecule has 10 heteroatoms. The molecule has 0 aromatic carbocycles. The van der Waals surface area contributed by atoms with Crippen molar-refractivity contribution in [2.45, 2.75) is 128 Å². The number of ether oxygens (including phenoxy) is 8. The third kappa shape index (κ3) is 3.23. The van der Waals surface area contributed by atoms with Crippen molar-refractivity contribution < 1.29 is 47.5 Å². The average Bonchev–Trinajstić information content (AvgIpc) is 3.43. The Morgan fingerprint density at radius 2 is 1.78 bits per heavy atom. The highest BCUT2D eigenvalue weighted by atomic mass is 16.9. The van der Waals surface area contributed by atoms with Crippen LogP contribution in [0.2, 0.25) is 0 Å². The van der Waals surface area contributed by atoms with Gasteiger partial charge in [0, 0.05) is 56.8 Å². The molecular formula is C35H52O10. The summed E-state index contributed by atoms with van der Waals surface area (Å²) in [6.45, 7) is 16.5. The number of carbonyl (C=O) groups excluding carboxylic acids is 2. The predicted molar refractivity (Wildman–Crippen MR) is 163 cm³/mol. The van der Waals surface area contributed by atoms with Crippen molar-refractivity contribution in [3.8, 4) is 0 Å². The summed E-state index contributed by atoms with van der Waals surface area (Å²) in [6, 6.07) is 0. The van der Waals surface area contributed by atoms with E-state index in [2.05, 4.69) is 34.6 Å². The average molecular weight is 633 g/mol. The van der Waals surface area contributed by atoms with E-state index in [0.29, 0.717) is 12.8 Å². The molecule has 3 saturated carbocycles. The summed E-state index contributed by atoms with van der Waals surface area (Å²) in [6.07, 6.45) is 5.32.